The van der Waals surface area contributed by atoms with Crippen molar-refractivity contribution in [2.75, 3.05) is 39.5 Å². The van der Waals surface area contributed by atoms with E-state index in [1.165, 1.54) is 0 Å². The second kappa shape index (κ2) is 8.79. The Morgan fingerprint density at radius 3 is 3.03 bits per heavy atom. The highest BCUT2D eigenvalue weighted by Gasteiger charge is 2.11. The molecule has 31 heavy (non-hydrogen) atoms. The lowest BCUT2D eigenvalue weighted by molar-refractivity contribution is 0.137. The average Bonchev–Trinajstić information content (AvgIpc) is 3.12. The van der Waals surface area contributed by atoms with Crippen molar-refractivity contribution in [3.8, 4) is 17.2 Å². The molecule has 0 aliphatic carbocycles. The minimum atomic E-state index is 0.406. The number of aromatic nitrogens is 2. The summed E-state index contributed by atoms with van der Waals surface area (Å²) in [5.74, 6) is 1.24. The van der Waals surface area contributed by atoms with Crippen molar-refractivity contribution in [3.63, 3.8) is 0 Å². The van der Waals surface area contributed by atoms with E-state index in [0.717, 1.165) is 44.8 Å². The van der Waals surface area contributed by atoms with E-state index in [9.17, 15) is 5.21 Å². The van der Waals surface area contributed by atoms with Gasteiger partial charge in [-0.25, -0.2) is 4.98 Å². The van der Waals surface area contributed by atoms with E-state index in [1.54, 1.807) is 12.4 Å². The highest BCUT2D eigenvalue weighted by molar-refractivity contribution is 5.80. The van der Waals surface area contributed by atoms with Gasteiger partial charge >= 0.3 is 0 Å². The van der Waals surface area contributed by atoms with E-state index in [0.29, 0.717) is 40.1 Å². The molecule has 1 aromatic carbocycles. The van der Waals surface area contributed by atoms with Crippen molar-refractivity contribution in [1.29, 1.82) is 0 Å². The van der Waals surface area contributed by atoms with Gasteiger partial charge in [0.15, 0.2) is 5.76 Å². The molecule has 0 unspecified atom stereocenters. The Balaban J connectivity index is 1.38. The molecule has 1 aliphatic heterocycles. The van der Waals surface area contributed by atoms with E-state index in [1.807, 2.05) is 47.0 Å². The van der Waals surface area contributed by atoms with Gasteiger partial charge in [0.1, 0.15) is 29.0 Å². The summed E-state index contributed by atoms with van der Waals surface area (Å²) < 4.78 is 19.4. The third kappa shape index (κ3) is 4.26. The largest absolute Gasteiger partial charge is 0.492 e. The average molecular weight is 420 g/mol. The summed E-state index contributed by atoms with van der Waals surface area (Å²) in [6, 6.07) is 13.1. The van der Waals surface area contributed by atoms with Gasteiger partial charge in [0.05, 0.1) is 18.3 Å². The first kappa shape index (κ1) is 19.6. The molecule has 0 radical (unpaired) electrons. The van der Waals surface area contributed by atoms with E-state index in [4.69, 9.17) is 13.9 Å². The summed E-state index contributed by atoms with van der Waals surface area (Å²) in [5, 5.41) is 14.2. The van der Waals surface area contributed by atoms with E-state index >= 15 is 0 Å². The lowest BCUT2D eigenvalue weighted by Gasteiger charge is -2.19. The van der Waals surface area contributed by atoms with Crippen LogP contribution in [0.3, 0.4) is 0 Å². The Kier molecular flexibility index (Phi) is 5.56. The predicted octanol–water partition coefficient (Wildman–Crippen LogP) is 3.14. The minimum Gasteiger partial charge on any atom is -0.492 e. The Hall–Kier alpha value is -3.36. The topological polar surface area (TPSA) is 84.7 Å². The van der Waals surface area contributed by atoms with Crippen molar-refractivity contribution in [2.45, 2.75) is 6.42 Å². The lowest BCUT2D eigenvalue weighted by atomic mass is 10.2. The third-order valence-electron chi connectivity index (χ3n) is 5.48. The lowest BCUT2D eigenvalue weighted by Crippen LogP contribution is -2.30. The standard InChI is InChI=1S/C23H24N4O4/c28-25-20-15-23(21-13-17-3-1-7-27(17)16-24-21)31-22-5-4-18(14-19(20)22)30-12-9-26-6-2-10-29-11-8-26/h1,3-5,7,13-16,28H,2,6,8-12H2/b25-20-. The fraction of sp³-hybridized carbons (Fsp3) is 0.304. The van der Waals surface area contributed by atoms with Crippen LogP contribution in [0.15, 0.2) is 64.6 Å². The molecular weight excluding hydrogens is 396 g/mol. The molecule has 0 saturated carbocycles. The molecule has 1 aliphatic rings. The van der Waals surface area contributed by atoms with Crippen LogP contribution in [0.25, 0.3) is 27.9 Å². The van der Waals surface area contributed by atoms with E-state index < -0.39 is 0 Å². The normalized spacial score (nSPS) is 16.1. The summed E-state index contributed by atoms with van der Waals surface area (Å²) in [5.41, 5.74) is 2.27. The van der Waals surface area contributed by atoms with Crippen molar-refractivity contribution >= 4 is 16.5 Å². The molecule has 1 fully saturated rings. The number of rotatable bonds is 5. The first-order chi connectivity index (χ1) is 15.3. The summed E-state index contributed by atoms with van der Waals surface area (Å²) in [6.45, 7) is 4.98. The summed E-state index contributed by atoms with van der Waals surface area (Å²) in [6.07, 6.45) is 4.71. The molecule has 1 saturated heterocycles. The highest BCUT2D eigenvalue weighted by atomic mass is 16.5. The van der Waals surface area contributed by atoms with Gasteiger partial charge in [-0.15, -0.1) is 0 Å². The number of nitrogens with zero attached hydrogens (tertiary/aromatic N) is 4. The van der Waals surface area contributed by atoms with Crippen LogP contribution >= 0.6 is 0 Å². The van der Waals surface area contributed by atoms with Gasteiger partial charge in [0, 0.05) is 44.0 Å². The zero-order chi connectivity index (χ0) is 21.0. The van der Waals surface area contributed by atoms with Crippen molar-refractivity contribution in [3.05, 3.63) is 60.3 Å². The number of ether oxygens (including phenoxy) is 2. The fourth-order valence-electron chi connectivity index (χ4n) is 3.83. The molecule has 8 heteroatoms. The highest BCUT2D eigenvalue weighted by Crippen LogP contribution is 2.24. The second-order valence-electron chi connectivity index (χ2n) is 7.52. The molecule has 0 bridgehead atoms. The molecule has 0 amide bonds. The van der Waals surface area contributed by atoms with Crippen molar-refractivity contribution in [1.82, 2.24) is 14.3 Å². The van der Waals surface area contributed by atoms with Gasteiger partial charge in [-0.05, 0) is 42.8 Å². The zero-order valence-electron chi connectivity index (χ0n) is 17.1. The number of fused-ring (bicyclic) bond motifs is 2. The van der Waals surface area contributed by atoms with Crippen LogP contribution in [0.5, 0.6) is 5.75 Å². The molecule has 4 heterocycles. The van der Waals surface area contributed by atoms with Crippen LogP contribution in [0.1, 0.15) is 6.42 Å². The van der Waals surface area contributed by atoms with E-state index in [-0.39, 0.29) is 0 Å². The van der Waals surface area contributed by atoms with Crippen molar-refractivity contribution in [2.24, 2.45) is 5.16 Å². The predicted molar refractivity (Wildman–Crippen MR) is 115 cm³/mol. The number of hydrogen-bond acceptors (Lipinski definition) is 7. The Labute approximate surface area is 178 Å². The smallest absolute Gasteiger partial charge is 0.155 e. The molecule has 160 valence electrons. The monoisotopic (exact) mass is 420 g/mol. The molecule has 0 atom stereocenters. The fourth-order valence-corrected chi connectivity index (χ4v) is 3.83. The Morgan fingerprint density at radius 1 is 1.13 bits per heavy atom. The van der Waals surface area contributed by atoms with Gasteiger partial charge < -0.3 is 23.5 Å². The quantitative estimate of drug-likeness (QED) is 0.394. The molecule has 0 spiro atoms. The van der Waals surface area contributed by atoms with Gasteiger partial charge in [-0.3, -0.25) is 4.90 Å². The zero-order valence-corrected chi connectivity index (χ0v) is 17.1. The number of benzene rings is 1. The first-order valence-corrected chi connectivity index (χ1v) is 10.4. The van der Waals surface area contributed by atoms with Crippen LogP contribution in [0.2, 0.25) is 0 Å². The maximum absolute atomic E-state index is 9.61. The molecule has 1 N–H and O–H groups in total. The first-order valence-electron chi connectivity index (χ1n) is 10.4. The number of hydrogen-bond donors (Lipinski definition) is 1. The van der Waals surface area contributed by atoms with Crippen molar-refractivity contribution < 1.29 is 19.1 Å². The van der Waals surface area contributed by atoms with Crippen LogP contribution in [-0.4, -0.2) is 58.9 Å². The maximum Gasteiger partial charge on any atom is 0.155 e. The van der Waals surface area contributed by atoms with E-state index in [2.05, 4.69) is 15.0 Å². The molecule has 3 aromatic heterocycles. The van der Waals surface area contributed by atoms with Gasteiger partial charge in [0.25, 0.3) is 0 Å². The minimum absolute atomic E-state index is 0.406. The Morgan fingerprint density at radius 2 is 2.10 bits per heavy atom. The second-order valence-corrected chi connectivity index (χ2v) is 7.52. The van der Waals surface area contributed by atoms with Gasteiger partial charge in [-0.1, -0.05) is 5.16 Å². The third-order valence-corrected chi connectivity index (χ3v) is 5.48. The molecular formula is C23H24N4O4. The molecule has 5 rings (SSSR count). The summed E-state index contributed by atoms with van der Waals surface area (Å²) >= 11 is 0. The van der Waals surface area contributed by atoms with Gasteiger partial charge in [0.2, 0.25) is 0 Å². The molecule has 4 aromatic rings. The van der Waals surface area contributed by atoms with Crippen LogP contribution in [0.4, 0.5) is 0 Å². The molecule has 8 nitrogen and oxygen atoms in total. The van der Waals surface area contributed by atoms with Crippen LogP contribution < -0.4 is 10.1 Å². The SMILES string of the molecule is O/N=c1/cc(-c2cc3cccn3cn2)oc2ccc(OCCN3CCCOCC3)cc12. The van der Waals surface area contributed by atoms with Crippen LogP contribution in [-0.2, 0) is 4.74 Å². The summed E-state index contributed by atoms with van der Waals surface area (Å²) in [7, 11) is 0. The van der Waals surface area contributed by atoms with Gasteiger partial charge in [-0.2, -0.15) is 0 Å². The Bertz CT molecular complexity index is 1260. The maximum atomic E-state index is 9.61. The summed E-state index contributed by atoms with van der Waals surface area (Å²) in [4.78, 5) is 6.79. The van der Waals surface area contributed by atoms with Crippen LogP contribution in [0, 0.1) is 0 Å².